The summed E-state index contributed by atoms with van der Waals surface area (Å²) in [5, 5.41) is 8.78. The molecule has 6 heteroatoms. The molecule has 1 aromatic rings. The predicted molar refractivity (Wildman–Crippen MR) is 58.4 cm³/mol. The van der Waals surface area contributed by atoms with Gasteiger partial charge in [-0.15, -0.1) is 0 Å². The molecule has 1 rings (SSSR count). The van der Waals surface area contributed by atoms with Gasteiger partial charge in [0.15, 0.2) is 22.0 Å². The zero-order chi connectivity index (χ0) is 10.0. The first-order valence-corrected chi connectivity index (χ1v) is 5.31. The van der Waals surface area contributed by atoms with E-state index in [4.69, 9.17) is 8.93 Å². The normalized spacial score (nSPS) is 9.77. The summed E-state index contributed by atoms with van der Waals surface area (Å²) >= 11 is 9.17. The SMILES string of the molecule is O=C(O)c1ccc(Br)c(Br)c1OBr. The molecule has 0 saturated heterocycles. The van der Waals surface area contributed by atoms with E-state index < -0.39 is 5.97 Å². The maximum absolute atomic E-state index is 10.7. The molecule has 1 N–H and O–H groups in total. The van der Waals surface area contributed by atoms with Crippen LogP contribution < -0.4 is 3.83 Å². The molecule has 0 aliphatic carbocycles. The van der Waals surface area contributed by atoms with E-state index >= 15 is 0 Å². The molecule has 1 aromatic carbocycles. The lowest BCUT2D eigenvalue weighted by Crippen LogP contribution is -1.99. The second-order valence-electron chi connectivity index (χ2n) is 2.12. The van der Waals surface area contributed by atoms with Crippen molar-refractivity contribution in [1.82, 2.24) is 0 Å². The molecule has 0 fully saturated rings. The van der Waals surface area contributed by atoms with Gasteiger partial charge in [0.05, 0.1) is 4.47 Å². The largest absolute Gasteiger partial charge is 0.478 e. The zero-order valence-corrected chi connectivity index (χ0v) is 10.8. The second-order valence-corrected chi connectivity index (χ2v) is 4.09. The van der Waals surface area contributed by atoms with Gasteiger partial charge in [-0.3, -0.25) is 0 Å². The van der Waals surface area contributed by atoms with Gasteiger partial charge in [-0.2, -0.15) is 0 Å². The predicted octanol–water partition coefficient (Wildman–Crippen LogP) is 3.60. The summed E-state index contributed by atoms with van der Waals surface area (Å²) in [4.78, 5) is 10.7. The summed E-state index contributed by atoms with van der Waals surface area (Å²) < 4.78 is 6.06. The van der Waals surface area contributed by atoms with E-state index in [1.165, 1.54) is 6.07 Å². The summed E-state index contributed by atoms with van der Waals surface area (Å²) in [6.07, 6.45) is 0. The fourth-order valence-electron chi connectivity index (χ4n) is 0.776. The third-order valence-corrected chi connectivity index (χ3v) is 3.66. The Balaban J connectivity index is 3.38. The number of carboxylic acid groups (broad SMARTS) is 1. The quantitative estimate of drug-likeness (QED) is 0.860. The molecule has 0 aliphatic rings. The van der Waals surface area contributed by atoms with Crippen molar-refractivity contribution in [2.75, 3.05) is 0 Å². The molecule has 3 nitrogen and oxygen atoms in total. The molecule has 13 heavy (non-hydrogen) atoms. The maximum Gasteiger partial charge on any atom is 0.339 e. The fourth-order valence-corrected chi connectivity index (χ4v) is 2.07. The Labute approximate surface area is 99.8 Å². The first kappa shape index (κ1) is 11.0. The first-order valence-electron chi connectivity index (χ1n) is 3.07. The molecule has 0 saturated carbocycles. The lowest BCUT2D eigenvalue weighted by atomic mass is 10.2. The summed E-state index contributed by atoms with van der Waals surface area (Å²) in [5.41, 5.74) is 0.0898. The van der Waals surface area contributed by atoms with Crippen molar-refractivity contribution in [3.63, 3.8) is 0 Å². The monoisotopic (exact) mass is 372 g/mol. The molecule has 0 spiro atoms. The van der Waals surface area contributed by atoms with Gasteiger partial charge in [0.2, 0.25) is 0 Å². The molecule has 70 valence electrons. The van der Waals surface area contributed by atoms with E-state index in [1.54, 1.807) is 6.07 Å². The van der Waals surface area contributed by atoms with Gasteiger partial charge < -0.3 is 8.93 Å². The number of aromatic carboxylic acids is 1. The van der Waals surface area contributed by atoms with E-state index in [-0.39, 0.29) is 11.3 Å². The lowest BCUT2D eigenvalue weighted by molar-refractivity contribution is 0.0695. The van der Waals surface area contributed by atoms with Crippen LogP contribution in [0, 0.1) is 0 Å². The van der Waals surface area contributed by atoms with Crippen molar-refractivity contribution in [2.45, 2.75) is 0 Å². The van der Waals surface area contributed by atoms with E-state index in [9.17, 15) is 4.79 Å². The average Bonchev–Trinajstić information content (AvgIpc) is 2.09. The van der Waals surface area contributed by atoms with Crippen molar-refractivity contribution in [1.29, 1.82) is 0 Å². The molecule has 0 amide bonds. The van der Waals surface area contributed by atoms with Crippen LogP contribution in [0.2, 0.25) is 0 Å². The highest BCUT2D eigenvalue weighted by Gasteiger charge is 2.16. The van der Waals surface area contributed by atoms with Gasteiger partial charge in [0.1, 0.15) is 5.56 Å². The first-order chi connectivity index (χ1) is 6.07. The topological polar surface area (TPSA) is 46.5 Å². The van der Waals surface area contributed by atoms with Gasteiger partial charge in [0, 0.05) is 4.47 Å². The Morgan fingerprint density at radius 3 is 2.46 bits per heavy atom. The van der Waals surface area contributed by atoms with Gasteiger partial charge in [-0.1, -0.05) is 0 Å². The molecule has 0 aromatic heterocycles. The summed E-state index contributed by atoms with van der Waals surface area (Å²) in [7, 11) is 0. The summed E-state index contributed by atoms with van der Waals surface area (Å²) in [5.74, 6) is -0.801. The highest BCUT2D eigenvalue weighted by atomic mass is 79.9. The van der Waals surface area contributed by atoms with E-state index in [1.807, 2.05) is 0 Å². The highest BCUT2D eigenvalue weighted by molar-refractivity contribution is 9.13. The van der Waals surface area contributed by atoms with Crippen molar-refractivity contribution < 1.29 is 13.7 Å². The van der Waals surface area contributed by atoms with Crippen LogP contribution in [0.15, 0.2) is 21.1 Å². The van der Waals surface area contributed by atoms with E-state index in [0.717, 1.165) is 4.47 Å². The van der Waals surface area contributed by atoms with Crippen molar-refractivity contribution >= 4 is 54.1 Å². The Morgan fingerprint density at radius 2 is 2.00 bits per heavy atom. The van der Waals surface area contributed by atoms with Crippen LogP contribution in [0.1, 0.15) is 10.4 Å². The minimum absolute atomic E-state index is 0.0898. The van der Waals surface area contributed by atoms with Crippen LogP contribution in [-0.4, -0.2) is 11.1 Å². The molecule has 0 bridgehead atoms. The van der Waals surface area contributed by atoms with Crippen LogP contribution in [0.25, 0.3) is 0 Å². The Hall–Kier alpha value is -0.0700. The van der Waals surface area contributed by atoms with Crippen molar-refractivity contribution in [2.24, 2.45) is 0 Å². The van der Waals surface area contributed by atoms with Crippen LogP contribution in [-0.2, 0) is 0 Å². The number of carbonyl (C=O) groups is 1. The standard InChI is InChI=1S/C7H3Br3O3/c8-4-2-1-3(7(11)12)6(13-10)5(4)9/h1-2H,(H,11,12). The maximum atomic E-state index is 10.7. The summed E-state index contributed by atoms with van der Waals surface area (Å²) in [6.45, 7) is 0. The van der Waals surface area contributed by atoms with Crippen LogP contribution in [0.5, 0.6) is 5.75 Å². The van der Waals surface area contributed by atoms with Gasteiger partial charge >= 0.3 is 5.97 Å². The Morgan fingerprint density at radius 1 is 1.38 bits per heavy atom. The fraction of sp³-hybridized carbons (Fsp3) is 0. The molecule has 0 atom stereocenters. The molecule has 0 heterocycles. The molecule has 0 unspecified atom stereocenters. The lowest BCUT2D eigenvalue weighted by Gasteiger charge is -2.05. The number of hydrogen-bond donors (Lipinski definition) is 1. The van der Waals surface area contributed by atoms with Gasteiger partial charge in [0.25, 0.3) is 0 Å². The smallest absolute Gasteiger partial charge is 0.339 e. The summed E-state index contributed by atoms with van der Waals surface area (Å²) in [6, 6.07) is 3.08. The van der Waals surface area contributed by atoms with E-state index in [2.05, 4.69) is 48.1 Å². The third kappa shape index (κ3) is 2.24. The average molecular weight is 375 g/mol. The third-order valence-electron chi connectivity index (χ3n) is 1.36. The molecule has 0 aliphatic heterocycles. The van der Waals surface area contributed by atoms with Crippen LogP contribution in [0.3, 0.4) is 0 Å². The molecular formula is C7H3Br3O3. The van der Waals surface area contributed by atoms with Gasteiger partial charge in [-0.05, 0) is 44.0 Å². The molecular weight excluding hydrogens is 372 g/mol. The Kier molecular flexibility index (Phi) is 3.75. The number of hydrogen-bond acceptors (Lipinski definition) is 2. The number of halogens is 3. The van der Waals surface area contributed by atoms with Crippen LogP contribution >= 0.6 is 48.1 Å². The minimum Gasteiger partial charge on any atom is -0.478 e. The van der Waals surface area contributed by atoms with Gasteiger partial charge in [-0.25, -0.2) is 4.79 Å². The second kappa shape index (κ2) is 4.43. The zero-order valence-electron chi connectivity index (χ0n) is 6.05. The molecule has 0 radical (unpaired) electrons. The van der Waals surface area contributed by atoms with Crippen LogP contribution in [0.4, 0.5) is 0 Å². The minimum atomic E-state index is -1.04. The number of rotatable bonds is 2. The highest BCUT2D eigenvalue weighted by Crippen LogP contribution is 2.36. The van der Waals surface area contributed by atoms with Crippen molar-refractivity contribution in [3.05, 3.63) is 26.6 Å². The van der Waals surface area contributed by atoms with E-state index in [0.29, 0.717) is 4.47 Å². The number of carboxylic acids is 1. The number of benzene rings is 1. The Bertz CT molecular complexity index is 351. The van der Waals surface area contributed by atoms with Crippen molar-refractivity contribution in [3.8, 4) is 5.75 Å².